The lowest BCUT2D eigenvalue weighted by Crippen LogP contribution is -2.35. The fourth-order valence-electron chi connectivity index (χ4n) is 1.46. The largest absolute Gasteiger partial charge is 0.435 e. The van der Waals surface area contributed by atoms with Crippen molar-refractivity contribution in [2.45, 2.75) is 26.6 Å². The first-order valence-corrected chi connectivity index (χ1v) is 6.12. The van der Waals surface area contributed by atoms with Crippen molar-refractivity contribution >= 4 is 5.91 Å². The van der Waals surface area contributed by atoms with Crippen LogP contribution in [-0.4, -0.2) is 30.3 Å². The Labute approximate surface area is 118 Å². The van der Waals surface area contributed by atoms with E-state index in [-0.39, 0.29) is 12.5 Å². The van der Waals surface area contributed by atoms with Crippen molar-refractivity contribution < 1.29 is 32.2 Å². The molecular weight excluding hydrogens is 294 g/mol. The smallest absolute Gasteiger partial charge is 0.387 e. The lowest BCUT2D eigenvalue weighted by Gasteiger charge is -2.15. The molecule has 21 heavy (non-hydrogen) atoms. The molecule has 0 spiro atoms. The normalized spacial score (nSPS) is 12.6. The summed E-state index contributed by atoms with van der Waals surface area (Å²) >= 11 is 0. The summed E-state index contributed by atoms with van der Waals surface area (Å²) in [6.07, 6.45) is -0.874. The van der Waals surface area contributed by atoms with E-state index < -0.39 is 41.6 Å². The molecule has 1 rings (SSSR count). The number of ether oxygens (including phenoxy) is 1. The molecule has 0 saturated carbocycles. The van der Waals surface area contributed by atoms with Gasteiger partial charge in [0.25, 0.3) is 5.91 Å². The lowest BCUT2D eigenvalue weighted by molar-refractivity contribution is -0.0501. The molecule has 4 nitrogen and oxygen atoms in total. The van der Waals surface area contributed by atoms with E-state index in [2.05, 4.69) is 10.1 Å². The van der Waals surface area contributed by atoms with Crippen molar-refractivity contribution in [1.29, 1.82) is 0 Å². The van der Waals surface area contributed by atoms with Gasteiger partial charge in [0.1, 0.15) is 22.9 Å². The zero-order valence-corrected chi connectivity index (χ0v) is 11.4. The zero-order valence-electron chi connectivity index (χ0n) is 11.4. The lowest BCUT2D eigenvalue weighted by atomic mass is 10.1. The average Bonchev–Trinajstić information content (AvgIpc) is 2.33. The summed E-state index contributed by atoms with van der Waals surface area (Å²) in [4.78, 5) is 11.7. The second kappa shape index (κ2) is 7.26. The van der Waals surface area contributed by atoms with E-state index in [1.807, 2.05) is 0 Å². The Morgan fingerprint density at radius 1 is 1.29 bits per heavy atom. The van der Waals surface area contributed by atoms with Crippen molar-refractivity contribution in [2.75, 3.05) is 6.54 Å². The first-order valence-electron chi connectivity index (χ1n) is 6.12. The summed E-state index contributed by atoms with van der Waals surface area (Å²) in [5, 5.41) is 11.7. The number of rotatable bonds is 6. The number of aliphatic hydroxyl groups excluding tert-OH is 1. The number of carbonyl (C=O) groups excluding carboxylic acids is 1. The Morgan fingerprint density at radius 3 is 2.24 bits per heavy atom. The highest BCUT2D eigenvalue weighted by molar-refractivity contribution is 5.94. The molecule has 1 aromatic rings. The van der Waals surface area contributed by atoms with E-state index in [1.54, 1.807) is 13.8 Å². The SMILES string of the molecule is CC(C)C(O)CNC(=O)c1c(F)cc(OC(F)F)cc1F. The number of benzene rings is 1. The number of nitrogens with one attached hydrogen (secondary N) is 1. The van der Waals surface area contributed by atoms with Crippen LogP contribution < -0.4 is 10.1 Å². The van der Waals surface area contributed by atoms with E-state index in [4.69, 9.17) is 0 Å². The van der Waals surface area contributed by atoms with Crippen LogP contribution in [0.25, 0.3) is 0 Å². The molecule has 8 heteroatoms. The maximum Gasteiger partial charge on any atom is 0.387 e. The molecule has 2 N–H and O–H groups in total. The van der Waals surface area contributed by atoms with E-state index in [1.165, 1.54) is 0 Å². The molecule has 0 aliphatic heterocycles. The van der Waals surface area contributed by atoms with Gasteiger partial charge in [-0.25, -0.2) is 8.78 Å². The van der Waals surface area contributed by atoms with E-state index in [0.29, 0.717) is 12.1 Å². The van der Waals surface area contributed by atoms with Crippen LogP contribution in [0.4, 0.5) is 17.6 Å². The van der Waals surface area contributed by atoms with Gasteiger partial charge in [-0.05, 0) is 5.92 Å². The van der Waals surface area contributed by atoms with Gasteiger partial charge < -0.3 is 15.2 Å². The molecule has 118 valence electrons. The molecule has 0 radical (unpaired) electrons. The Hall–Kier alpha value is -1.83. The van der Waals surface area contributed by atoms with Gasteiger partial charge >= 0.3 is 6.61 Å². The minimum Gasteiger partial charge on any atom is -0.435 e. The van der Waals surface area contributed by atoms with Crippen LogP contribution in [0, 0.1) is 17.6 Å². The summed E-state index contributed by atoms with van der Waals surface area (Å²) in [6.45, 7) is -0.0159. The van der Waals surface area contributed by atoms with Crippen LogP contribution in [0.3, 0.4) is 0 Å². The summed E-state index contributed by atoms with van der Waals surface area (Å²) in [5.74, 6) is -4.63. The van der Waals surface area contributed by atoms with Gasteiger partial charge in [0, 0.05) is 18.7 Å². The molecule has 0 heterocycles. The summed E-state index contributed by atoms with van der Waals surface area (Å²) in [6, 6.07) is 0.978. The van der Waals surface area contributed by atoms with Crippen molar-refractivity contribution in [1.82, 2.24) is 5.32 Å². The van der Waals surface area contributed by atoms with Gasteiger partial charge in [0.05, 0.1) is 6.10 Å². The standard InChI is InChI=1S/C13H15F4NO3/c1-6(2)10(19)5-18-12(20)11-8(14)3-7(4-9(11)15)21-13(16)17/h3-4,6,10,13,19H,5H2,1-2H3,(H,18,20). The monoisotopic (exact) mass is 309 g/mol. The minimum absolute atomic E-state index is 0.151. The molecule has 1 atom stereocenters. The van der Waals surface area contributed by atoms with Gasteiger partial charge in [0.2, 0.25) is 0 Å². The highest BCUT2D eigenvalue weighted by atomic mass is 19.3. The van der Waals surface area contributed by atoms with Crippen LogP contribution in [0.1, 0.15) is 24.2 Å². The molecule has 1 aromatic carbocycles. The first-order chi connectivity index (χ1) is 9.72. The zero-order chi connectivity index (χ0) is 16.2. The molecule has 0 aliphatic carbocycles. The highest BCUT2D eigenvalue weighted by Gasteiger charge is 2.21. The molecule has 0 fully saturated rings. The number of alkyl halides is 2. The molecule has 0 saturated heterocycles. The summed E-state index contributed by atoms with van der Waals surface area (Å²) in [7, 11) is 0. The Bertz CT molecular complexity index is 485. The quantitative estimate of drug-likeness (QED) is 0.793. The van der Waals surface area contributed by atoms with Crippen molar-refractivity contribution in [2.24, 2.45) is 5.92 Å². The van der Waals surface area contributed by atoms with Crippen molar-refractivity contribution in [3.05, 3.63) is 29.3 Å². The maximum absolute atomic E-state index is 13.6. The number of hydrogen-bond donors (Lipinski definition) is 2. The number of aliphatic hydroxyl groups is 1. The second-order valence-electron chi connectivity index (χ2n) is 4.66. The van der Waals surface area contributed by atoms with E-state index >= 15 is 0 Å². The van der Waals surface area contributed by atoms with Crippen LogP contribution in [0.15, 0.2) is 12.1 Å². The van der Waals surface area contributed by atoms with Gasteiger partial charge in [-0.15, -0.1) is 0 Å². The number of carbonyl (C=O) groups is 1. The average molecular weight is 309 g/mol. The van der Waals surface area contributed by atoms with E-state index in [0.717, 1.165) is 0 Å². The van der Waals surface area contributed by atoms with Crippen LogP contribution >= 0.6 is 0 Å². The number of hydrogen-bond acceptors (Lipinski definition) is 3. The van der Waals surface area contributed by atoms with Gasteiger partial charge in [-0.1, -0.05) is 13.8 Å². The highest BCUT2D eigenvalue weighted by Crippen LogP contribution is 2.22. The fourth-order valence-corrected chi connectivity index (χ4v) is 1.46. The first kappa shape index (κ1) is 17.2. The molecule has 1 amide bonds. The van der Waals surface area contributed by atoms with Crippen LogP contribution in [-0.2, 0) is 0 Å². The third-order valence-corrected chi connectivity index (χ3v) is 2.71. The van der Waals surface area contributed by atoms with Crippen molar-refractivity contribution in [3.8, 4) is 5.75 Å². The fraction of sp³-hybridized carbons (Fsp3) is 0.462. The minimum atomic E-state index is -3.23. The Morgan fingerprint density at radius 2 is 1.81 bits per heavy atom. The second-order valence-corrected chi connectivity index (χ2v) is 4.66. The van der Waals surface area contributed by atoms with Crippen LogP contribution in [0.5, 0.6) is 5.75 Å². The third kappa shape index (κ3) is 4.89. The predicted molar refractivity (Wildman–Crippen MR) is 66.2 cm³/mol. The molecular formula is C13H15F4NO3. The van der Waals surface area contributed by atoms with Gasteiger partial charge in [0.15, 0.2) is 0 Å². The molecule has 0 aromatic heterocycles. The van der Waals surface area contributed by atoms with Gasteiger partial charge in [-0.2, -0.15) is 8.78 Å². The topological polar surface area (TPSA) is 58.6 Å². The molecule has 1 unspecified atom stereocenters. The summed E-state index contributed by atoms with van der Waals surface area (Å²) < 4.78 is 55.0. The summed E-state index contributed by atoms with van der Waals surface area (Å²) in [5.41, 5.74) is -0.924. The molecule has 0 aliphatic rings. The number of halogens is 4. The Kier molecular flexibility index (Phi) is 5.95. The van der Waals surface area contributed by atoms with Gasteiger partial charge in [-0.3, -0.25) is 4.79 Å². The number of amides is 1. The predicted octanol–water partition coefficient (Wildman–Crippen LogP) is 2.31. The van der Waals surface area contributed by atoms with Crippen molar-refractivity contribution in [3.63, 3.8) is 0 Å². The Balaban J connectivity index is 2.85. The maximum atomic E-state index is 13.6. The third-order valence-electron chi connectivity index (χ3n) is 2.71. The van der Waals surface area contributed by atoms with E-state index in [9.17, 15) is 27.5 Å². The van der Waals surface area contributed by atoms with Crippen LogP contribution in [0.2, 0.25) is 0 Å². The molecule has 0 bridgehead atoms.